The van der Waals surface area contributed by atoms with Gasteiger partial charge >= 0.3 is 265 Å². The molecule has 0 aliphatic rings. The van der Waals surface area contributed by atoms with E-state index in [1.54, 1.807) is 0 Å². The molecule has 0 saturated carbocycles. The first-order chi connectivity index (χ1) is 24.0. The normalized spacial score (nSPS) is 11.9. The molecular weight excluding hydrogens is 836 g/mol. The van der Waals surface area contributed by atoms with Gasteiger partial charge in [-0.15, -0.1) is 0 Å². The monoisotopic (exact) mass is 866 g/mol. The molecule has 0 bridgehead atoms. The van der Waals surface area contributed by atoms with Crippen molar-refractivity contribution in [2.24, 2.45) is 0 Å². The van der Waals surface area contributed by atoms with Crippen molar-refractivity contribution in [3.05, 3.63) is 145 Å². The van der Waals surface area contributed by atoms with Crippen LogP contribution in [0, 0.1) is 13.8 Å². The zero-order valence-corrected chi connectivity index (χ0v) is 32.6. The molecule has 0 aliphatic heterocycles. The quantitative estimate of drug-likeness (QED) is 0.138. The van der Waals surface area contributed by atoms with Gasteiger partial charge in [0.05, 0.1) is 0 Å². The molecule has 3 nitrogen and oxygen atoms in total. The van der Waals surface area contributed by atoms with Crippen molar-refractivity contribution < 1.29 is 3.89 Å². The van der Waals surface area contributed by atoms with Crippen molar-refractivity contribution in [2.45, 2.75) is 18.7 Å². The summed E-state index contributed by atoms with van der Waals surface area (Å²) in [4.78, 5) is 2.88. The molecule has 9 aromatic rings. The first-order valence-corrected chi connectivity index (χ1v) is 19.9. The number of H-pyrrole nitrogens is 1. The molecular formula is C42H30FN3PPbS. The van der Waals surface area contributed by atoms with Crippen LogP contribution in [0.15, 0.2) is 138 Å². The van der Waals surface area contributed by atoms with Crippen LogP contribution in [-0.2, 0) is 0 Å². The van der Waals surface area contributed by atoms with Crippen LogP contribution >= 0.6 is 20.5 Å². The van der Waals surface area contributed by atoms with Gasteiger partial charge in [0.1, 0.15) is 0 Å². The van der Waals surface area contributed by atoms with Gasteiger partial charge in [0.2, 0.25) is 0 Å². The Kier molecular flexibility index (Phi) is 7.68. The topological polar surface area (TPSA) is 24.0 Å². The minimum atomic E-state index is 0.330. The van der Waals surface area contributed by atoms with Crippen LogP contribution in [0.3, 0.4) is 0 Å². The number of aryl methyl sites for hydroxylation is 2. The van der Waals surface area contributed by atoms with Crippen LogP contribution in [0.2, 0.25) is 0 Å². The van der Waals surface area contributed by atoms with E-state index in [0.717, 1.165) is 75.7 Å². The summed E-state index contributed by atoms with van der Waals surface area (Å²) in [6, 6.07) is 47.8. The third kappa shape index (κ3) is 5.05. The first kappa shape index (κ1) is 30.7. The molecule has 7 heteroatoms. The third-order valence-electron chi connectivity index (χ3n) is 9.55. The molecule has 0 amide bonds. The second-order valence-electron chi connectivity index (χ2n) is 12.6. The summed E-state index contributed by atoms with van der Waals surface area (Å²) in [5, 5.41) is 8.07. The van der Waals surface area contributed by atoms with Gasteiger partial charge in [-0.1, -0.05) is 29.8 Å². The van der Waals surface area contributed by atoms with Gasteiger partial charge in [0.15, 0.2) is 0 Å². The maximum absolute atomic E-state index is 15.3. The molecule has 49 heavy (non-hydrogen) atoms. The van der Waals surface area contributed by atoms with Crippen LogP contribution in [0.25, 0.3) is 59.7 Å². The first-order valence-electron chi connectivity index (χ1n) is 16.2. The summed E-state index contributed by atoms with van der Waals surface area (Å²) in [5.41, 5.74) is 9.94. The Hall–Kier alpha value is -4.30. The van der Waals surface area contributed by atoms with Crippen LogP contribution in [0.5, 0.6) is 0 Å². The number of fused-ring (bicyclic) bond motifs is 3. The van der Waals surface area contributed by atoms with E-state index in [0.29, 0.717) is 25.4 Å². The van der Waals surface area contributed by atoms with Gasteiger partial charge in [-0.25, -0.2) is 0 Å². The number of anilines is 3. The molecule has 8 aromatic carbocycles. The molecule has 0 saturated heterocycles. The Morgan fingerprint density at radius 1 is 0.714 bits per heavy atom. The average molecular weight is 866 g/mol. The number of benzene rings is 8. The summed E-state index contributed by atoms with van der Waals surface area (Å²) in [7, 11) is 0.390. The maximum atomic E-state index is 15.3. The Balaban J connectivity index is 1.46. The van der Waals surface area contributed by atoms with E-state index >= 15 is 3.89 Å². The number of rotatable bonds is 5. The molecule has 235 valence electrons. The van der Waals surface area contributed by atoms with Crippen molar-refractivity contribution in [3.8, 4) is 5.69 Å². The van der Waals surface area contributed by atoms with E-state index in [4.69, 9.17) is 0 Å². The number of aromatic nitrogens is 2. The fourth-order valence-corrected chi connectivity index (χ4v) is 9.92. The van der Waals surface area contributed by atoms with Crippen LogP contribution in [0.4, 0.5) is 20.9 Å². The standard InChI is InChI=1S/C42H30FN3PS.Pb/c1-26-12-18-31(19-13-26)45(30-8-4-3-5-9-30)42-34-23-16-28-24-37-41(33-22-17-29(25-38(42)48-43)40(34)39(28)33)46(32-20-14-27(2)15-21-32)36-11-7-6-10-35(36)44-47-37;/h3-8,10-25,44,47H,1-2H3;. The van der Waals surface area contributed by atoms with Crippen molar-refractivity contribution in [1.82, 2.24) is 9.31 Å². The summed E-state index contributed by atoms with van der Waals surface area (Å²) in [5.74, 6) is 0. The molecule has 3 radical (unpaired) electrons. The van der Waals surface area contributed by atoms with E-state index in [-0.39, 0.29) is 0 Å². The van der Waals surface area contributed by atoms with Gasteiger partial charge in [-0.2, -0.15) is 0 Å². The Labute approximate surface area is 305 Å². The van der Waals surface area contributed by atoms with Crippen molar-refractivity contribution in [3.63, 3.8) is 0 Å². The van der Waals surface area contributed by atoms with E-state index in [2.05, 4.69) is 155 Å². The third-order valence-corrected chi connectivity index (χ3v) is 12.7. The predicted molar refractivity (Wildman–Crippen MR) is 212 cm³/mol. The van der Waals surface area contributed by atoms with E-state index in [1.165, 1.54) is 41.0 Å². The molecule has 1 unspecified atom stereocenters. The zero-order valence-electron chi connectivity index (χ0n) is 26.9. The number of nitrogens with zero attached hydrogens (tertiary/aromatic N) is 2. The molecule has 0 aliphatic carbocycles. The fourth-order valence-electron chi connectivity index (χ4n) is 7.26. The van der Waals surface area contributed by atoms with Crippen LogP contribution in [-0.4, -0.2) is 35.1 Å². The number of aromatic amines is 1. The SMILES string of the molecule is Cc1ccc(N(c2cccc[c]2[Pb])c2c(SF)cc3ccc4c5c(ccc2c35)cc2[pH][nH]c3ccccc3n(-c3ccc(C)cc3)c24)cc1. The summed E-state index contributed by atoms with van der Waals surface area (Å²) < 4.78 is 22.7. The molecule has 1 heterocycles. The van der Waals surface area contributed by atoms with Gasteiger partial charge in [0.25, 0.3) is 0 Å². The summed E-state index contributed by atoms with van der Waals surface area (Å²) in [6.07, 6.45) is 0. The minimum absolute atomic E-state index is 0.330. The number of nitrogens with one attached hydrogen (secondary N) is 1. The predicted octanol–water partition coefficient (Wildman–Crippen LogP) is 12.0. The molecule has 1 aromatic heterocycles. The van der Waals surface area contributed by atoms with E-state index in [1.807, 2.05) is 6.07 Å². The Morgan fingerprint density at radius 2 is 1.37 bits per heavy atom. The fraction of sp³-hybridized carbons (Fsp3) is 0.0476. The van der Waals surface area contributed by atoms with Crippen LogP contribution < -0.4 is 8.02 Å². The molecule has 1 N–H and O–H groups in total. The molecule has 0 spiro atoms. The molecule has 9 rings (SSSR count). The van der Waals surface area contributed by atoms with E-state index in [9.17, 15) is 0 Å². The van der Waals surface area contributed by atoms with Gasteiger partial charge in [-0.3, -0.25) is 0 Å². The zero-order chi connectivity index (χ0) is 33.2. The summed E-state index contributed by atoms with van der Waals surface area (Å²) in [6.45, 7) is 4.23. The van der Waals surface area contributed by atoms with Gasteiger partial charge in [-0.05, 0) is 13.0 Å². The van der Waals surface area contributed by atoms with Crippen molar-refractivity contribution in [1.29, 1.82) is 0 Å². The second kappa shape index (κ2) is 12.2. The average Bonchev–Trinajstić information content (AvgIpc) is 3.29. The number of halogens is 1. The van der Waals surface area contributed by atoms with Gasteiger partial charge < -0.3 is 0 Å². The van der Waals surface area contributed by atoms with Crippen LogP contribution in [0.1, 0.15) is 11.1 Å². The molecule has 1 atom stereocenters. The number of hydrogen-bond acceptors (Lipinski definition) is 2. The molecule has 0 fully saturated rings. The number of para-hydroxylation sites is 3. The van der Waals surface area contributed by atoms with E-state index < -0.39 is 0 Å². The number of hydrogen-bond donors (Lipinski definition) is 1. The van der Waals surface area contributed by atoms with Crippen molar-refractivity contribution in [2.75, 3.05) is 4.90 Å². The summed E-state index contributed by atoms with van der Waals surface area (Å²) >= 11 is 1.19. The van der Waals surface area contributed by atoms with Crippen molar-refractivity contribution >= 4 is 120 Å². The Morgan fingerprint density at radius 3 is 2.12 bits per heavy atom. The second-order valence-corrected chi connectivity index (χ2v) is 16.3. The van der Waals surface area contributed by atoms with Gasteiger partial charge in [0, 0.05) is 0 Å². The Bertz CT molecular complexity index is 2740.